The van der Waals surface area contributed by atoms with Crippen LogP contribution in [0.15, 0.2) is 76.6 Å². The third-order valence-electron chi connectivity index (χ3n) is 3.84. The first-order chi connectivity index (χ1) is 12.3. The van der Waals surface area contributed by atoms with Crippen molar-refractivity contribution < 1.29 is 0 Å². The van der Waals surface area contributed by atoms with Gasteiger partial charge < -0.3 is 0 Å². The van der Waals surface area contributed by atoms with E-state index in [0.29, 0.717) is 19.5 Å². The van der Waals surface area contributed by atoms with E-state index in [0.717, 1.165) is 22.4 Å². The Morgan fingerprint density at radius 2 is 1.72 bits per heavy atom. The van der Waals surface area contributed by atoms with Crippen LogP contribution in [0.5, 0.6) is 0 Å². The lowest BCUT2D eigenvalue weighted by molar-refractivity contribution is 0.637. The van der Waals surface area contributed by atoms with Crippen LogP contribution >= 0.6 is 0 Å². The molecule has 0 fully saturated rings. The molecule has 0 unspecified atom stereocenters. The summed E-state index contributed by atoms with van der Waals surface area (Å²) >= 11 is 0. The molecule has 124 valence electrons. The summed E-state index contributed by atoms with van der Waals surface area (Å²) in [6.07, 6.45) is 0.475. The number of hydrogen-bond donors (Lipinski definition) is 0. The third kappa shape index (κ3) is 4.13. The molecule has 0 spiro atoms. The zero-order valence-electron chi connectivity index (χ0n) is 13.6. The number of rotatable bonds is 6. The Balaban J connectivity index is 2.03. The second-order valence-electron chi connectivity index (χ2n) is 5.57. The van der Waals surface area contributed by atoms with Crippen LogP contribution in [0.4, 0.5) is 0 Å². The lowest BCUT2D eigenvalue weighted by Gasteiger charge is -2.12. The normalized spacial score (nSPS) is 10.2. The van der Waals surface area contributed by atoms with Crippen molar-refractivity contribution in [1.29, 1.82) is 0 Å². The van der Waals surface area contributed by atoms with E-state index in [4.69, 9.17) is 5.53 Å². The average Bonchev–Trinajstić information content (AvgIpc) is 2.65. The largest absolute Gasteiger partial charge is 0.268 e. The summed E-state index contributed by atoms with van der Waals surface area (Å²) in [6, 6.07) is 21.0. The van der Waals surface area contributed by atoms with Gasteiger partial charge in [-0.3, -0.25) is 4.79 Å². The fraction of sp³-hybridized carbons (Fsp3) is 0.158. The predicted molar refractivity (Wildman–Crippen MR) is 97.2 cm³/mol. The van der Waals surface area contributed by atoms with Gasteiger partial charge in [-0.15, -0.1) is 0 Å². The fourth-order valence-corrected chi connectivity index (χ4v) is 2.64. The summed E-state index contributed by atoms with van der Waals surface area (Å²) in [7, 11) is 0. The Bertz CT molecular complexity index is 945. The lowest BCUT2D eigenvalue weighted by atomic mass is 10.0. The van der Waals surface area contributed by atoms with E-state index in [2.05, 4.69) is 15.1 Å². The molecule has 0 aliphatic heterocycles. The second-order valence-corrected chi connectivity index (χ2v) is 5.57. The average molecular weight is 331 g/mol. The molecule has 0 radical (unpaired) electrons. The molecule has 0 N–H and O–H groups in total. The minimum Gasteiger partial charge on any atom is -0.268 e. The molecule has 6 heteroatoms. The van der Waals surface area contributed by atoms with E-state index < -0.39 is 0 Å². The Hall–Kier alpha value is -3.37. The molecule has 25 heavy (non-hydrogen) atoms. The maximum atomic E-state index is 12.5. The number of nitrogens with zero attached hydrogens (tertiary/aromatic N) is 5. The van der Waals surface area contributed by atoms with Crippen molar-refractivity contribution in [3.8, 4) is 11.3 Å². The number of azide groups is 1. The predicted octanol–water partition coefficient (Wildman–Crippen LogP) is 3.81. The van der Waals surface area contributed by atoms with Gasteiger partial charge in [-0.25, -0.2) is 4.68 Å². The minimum atomic E-state index is -0.167. The zero-order chi connectivity index (χ0) is 17.5. The van der Waals surface area contributed by atoms with Gasteiger partial charge in [0.15, 0.2) is 0 Å². The fourth-order valence-electron chi connectivity index (χ4n) is 2.64. The smallest absolute Gasteiger partial charge is 0.267 e. The maximum absolute atomic E-state index is 12.5. The molecule has 3 rings (SSSR count). The van der Waals surface area contributed by atoms with E-state index in [1.807, 2.05) is 60.7 Å². The van der Waals surface area contributed by atoms with Gasteiger partial charge in [-0.2, -0.15) is 5.10 Å². The molecular weight excluding hydrogens is 314 g/mol. The highest BCUT2D eigenvalue weighted by atomic mass is 16.1. The van der Waals surface area contributed by atoms with Crippen LogP contribution in [0.2, 0.25) is 0 Å². The molecule has 0 bridgehead atoms. The van der Waals surface area contributed by atoms with Crippen molar-refractivity contribution in [1.82, 2.24) is 9.78 Å². The number of aromatic nitrogens is 2. The van der Waals surface area contributed by atoms with Crippen LogP contribution in [0.25, 0.3) is 21.7 Å². The monoisotopic (exact) mass is 331 g/mol. The summed E-state index contributed by atoms with van der Waals surface area (Å²) in [5, 5.41) is 8.15. The van der Waals surface area contributed by atoms with Gasteiger partial charge in [-0.1, -0.05) is 65.8 Å². The molecule has 1 heterocycles. The molecule has 1 aromatic heterocycles. The van der Waals surface area contributed by atoms with Gasteiger partial charge in [0.05, 0.1) is 12.2 Å². The van der Waals surface area contributed by atoms with Crippen LogP contribution < -0.4 is 5.56 Å². The van der Waals surface area contributed by atoms with E-state index in [1.165, 1.54) is 4.68 Å². The van der Waals surface area contributed by atoms with E-state index in [-0.39, 0.29) is 5.56 Å². The molecule has 0 saturated heterocycles. The van der Waals surface area contributed by atoms with Gasteiger partial charge in [0.25, 0.3) is 5.56 Å². The van der Waals surface area contributed by atoms with Crippen molar-refractivity contribution >= 4 is 0 Å². The standard InChI is InChI=1S/C19H17N5O/c20-23-21-12-11-17-13-18(25)24(14-15-7-3-1-4-8-15)22-19(17)16-9-5-2-6-10-16/h1-10,13H,11-12,14H2. The third-order valence-corrected chi connectivity index (χ3v) is 3.84. The topological polar surface area (TPSA) is 83.7 Å². The first-order valence-corrected chi connectivity index (χ1v) is 7.99. The van der Waals surface area contributed by atoms with Gasteiger partial charge in [-0.05, 0) is 23.1 Å². The highest BCUT2D eigenvalue weighted by molar-refractivity contribution is 5.62. The van der Waals surface area contributed by atoms with Crippen molar-refractivity contribution in [3.63, 3.8) is 0 Å². The highest BCUT2D eigenvalue weighted by Crippen LogP contribution is 2.20. The molecule has 0 saturated carbocycles. The summed E-state index contributed by atoms with van der Waals surface area (Å²) in [5.74, 6) is 0. The van der Waals surface area contributed by atoms with E-state index in [9.17, 15) is 4.79 Å². The molecule has 0 aliphatic carbocycles. The second kappa shape index (κ2) is 7.95. The minimum absolute atomic E-state index is 0.167. The lowest BCUT2D eigenvalue weighted by Crippen LogP contribution is -2.24. The number of benzene rings is 2. The zero-order valence-corrected chi connectivity index (χ0v) is 13.6. The molecule has 0 aliphatic rings. The van der Waals surface area contributed by atoms with Crippen molar-refractivity contribution in [2.24, 2.45) is 5.11 Å². The Kier molecular flexibility index (Phi) is 5.24. The summed E-state index contributed by atoms with van der Waals surface area (Å²) < 4.78 is 1.47. The molecule has 2 aromatic carbocycles. The van der Waals surface area contributed by atoms with Crippen LogP contribution in [0.1, 0.15) is 11.1 Å². The Labute approximate surface area is 145 Å². The van der Waals surface area contributed by atoms with Crippen LogP contribution in [-0.2, 0) is 13.0 Å². The Morgan fingerprint density at radius 3 is 2.40 bits per heavy atom. The van der Waals surface area contributed by atoms with Crippen molar-refractivity contribution in [2.75, 3.05) is 6.54 Å². The van der Waals surface area contributed by atoms with Crippen molar-refractivity contribution in [3.05, 3.63) is 98.7 Å². The molecule has 0 atom stereocenters. The van der Waals surface area contributed by atoms with Crippen LogP contribution in [-0.4, -0.2) is 16.3 Å². The number of hydrogen-bond acceptors (Lipinski definition) is 3. The van der Waals surface area contributed by atoms with Crippen LogP contribution in [0.3, 0.4) is 0 Å². The first-order valence-electron chi connectivity index (χ1n) is 7.99. The molecular formula is C19H17N5O. The SMILES string of the molecule is [N-]=[N+]=NCCc1cc(=O)n(Cc2ccccc2)nc1-c1ccccc1. The van der Waals surface area contributed by atoms with Crippen molar-refractivity contribution in [2.45, 2.75) is 13.0 Å². The van der Waals surface area contributed by atoms with Gasteiger partial charge in [0.2, 0.25) is 0 Å². The summed E-state index contributed by atoms with van der Waals surface area (Å²) in [4.78, 5) is 15.2. The van der Waals surface area contributed by atoms with Gasteiger partial charge in [0.1, 0.15) is 0 Å². The van der Waals surface area contributed by atoms with E-state index in [1.54, 1.807) is 6.07 Å². The summed E-state index contributed by atoms with van der Waals surface area (Å²) in [5.41, 5.74) is 11.8. The van der Waals surface area contributed by atoms with Crippen LogP contribution in [0, 0.1) is 0 Å². The highest BCUT2D eigenvalue weighted by Gasteiger charge is 2.11. The molecule has 3 aromatic rings. The first kappa shape index (κ1) is 16.5. The van der Waals surface area contributed by atoms with Gasteiger partial charge in [0, 0.05) is 23.1 Å². The molecule has 0 amide bonds. The van der Waals surface area contributed by atoms with E-state index >= 15 is 0 Å². The van der Waals surface area contributed by atoms with Gasteiger partial charge >= 0.3 is 0 Å². The Morgan fingerprint density at radius 1 is 1.04 bits per heavy atom. The molecule has 6 nitrogen and oxygen atoms in total. The maximum Gasteiger partial charge on any atom is 0.267 e. The summed E-state index contributed by atoms with van der Waals surface area (Å²) in [6.45, 7) is 0.705. The quantitative estimate of drug-likeness (QED) is 0.391.